The van der Waals surface area contributed by atoms with Crippen LogP contribution < -0.4 is 0 Å². The molecule has 0 amide bonds. The summed E-state index contributed by atoms with van der Waals surface area (Å²) in [6.45, 7) is 2.05. The predicted octanol–water partition coefficient (Wildman–Crippen LogP) is 5.38. The van der Waals surface area contributed by atoms with Crippen LogP contribution in [0.5, 0.6) is 0 Å². The van der Waals surface area contributed by atoms with Gasteiger partial charge >= 0.3 is 0 Å². The Bertz CT molecular complexity index is 476. The second-order valence-corrected chi connectivity index (χ2v) is 7.10. The Labute approximate surface area is 139 Å². The molecule has 0 spiro atoms. The van der Waals surface area contributed by atoms with Gasteiger partial charge in [0.25, 0.3) is 0 Å². The van der Waals surface area contributed by atoms with Crippen LogP contribution in [0.15, 0.2) is 12.2 Å². The van der Waals surface area contributed by atoms with Crippen molar-refractivity contribution in [1.29, 1.82) is 5.26 Å². The molecular weight excluding hydrogens is 292 g/mol. The van der Waals surface area contributed by atoms with Gasteiger partial charge in [0.15, 0.2) is 6.07 Å². The lowest BCUT2D eigenvalue weighted by atomic mass is 9.68. The first-order valence-corrected chi connectivity index (χ1v) is 8.94. The van der Waals surface area contributed by atoms with E-state index in [-0.39, 0.29) is 5.92 Å². The van der Waals surface area contributed by atoms with Gasteiger partial charge in [0.2, 0.25) is 0 Å². The van der Waals surface area contributed by atoms with E-state index in [0.717, 1.165) is 25.2 Å². The van der Waals surface area contributed by atoms with Gasteiger partial charge in [0.1, 0.15) is 12.3 Å². The first-order valence-electron chi connectivity index (χ1n) is 8.94. The highest BCUT2D eigenvalue weighted by atomic mass is 19.1. The molecule has 23 heavy (non-hydrogen) atoms. The maximum Gasteiger partial charge on any atom is 0.152 e. The van der Waals surface area contributed by atoms with Crippen molar-refractivity contribution in [2.24, 2.45) is 23.7 Å². The third kappa shape index (κ3) is 5.07. The molecule has 2 saturated carbocycles. The maximum atomic E-state index is 14.2. The van der Waals surface area contributed by atoms with E-state index >= 15 is 0 Å². The second kappa shape index (κ2) is 9.07. The van der Waals surface area contributed by atoms with E-state index in [0.29, 0.717) is 18.8 Å². The van der Waals surface area contributed by atoms with Crippen molar-refractivity contribution in [3.63, 3.8) is 0 Å². The first-order chi connectivity index (χ1) is 11.2. The van der Waals surface area contributed by atoms with Gasteiger partial charge in [-0.05, 0) is 63.2 Å². The molecule has 0 heterocycles. The average Bonchev–Trinajstić information content (AvgIpc) is 2.55. The van der Waals surface area contributed by atoms with Crippen LogP contribution in [0.2, 0.25) is 0 Å². The average molecular weight is 319 g/mol. The minimum atomic E-state index is -1.22. The number of hydrogen-bond acceptors (Lipinski definition) is 1. The van der Waals surface area contributed by atoms with Gasteiger partial charge in [0, 0.05) is 5.92 Å². The largest absolute Gasteiger partial charge is 0.246 e. The Hall–Kier alpha value is -1.35. The van der Waals surface area contributed by atoms with Crippen LogP contribution >= 0.6 is 0 Å². The van der Waals surface area contributed by atoms with Crippen LogP contribution in [0.25, 0.3) is 0 Å². The number of nitrogens with zero attached hydrogens (tertiary/aromatic N) is 1. The Balaban J connectivity index is 1.82. The SMILES string of the molecule is C/C=C/CCC1CCC(C2CC(F)C(C#CC#N)C(F)C2)CC1. The third-order valence-corrected chi connectivity index (χ3v) is 5.67. The second-order valence-electron chi connectivity index (χ2n) is 7.10. The molecule has 0 saturated heterocycles. The standard InChI is InChI=1S/C20H27F2N/c1-2-3-4-6-15-8-10-16(11-9-15)17-13-19(21)18(7-5-12-23)20(22)14-17/h2-3,15-20H,4,6,8-11,13-14H2,1H3/b3-2+. The zero-order valence-corrected chi connectivity index (χ0v) is 14.0. The van der Waals surface area contributed by atoms with E-state index in [4.69, 9.17) is 5.26 Å². The minimum Gasteiger partial charge on any atom is -0.246 e. The fourth-order valence-corrected chi connectivity index (χ4v) is 4.32. The first kappa shape index (κ1) is 18.0. The molecule has 126 valence electrons. The van der Waals surface area contributed by atoms with Gasteiger partial charge in [-0.1, -0.05) is 30.9 Å². The van der Waals surface area contributed by atoms with Crippen molar-refractivity contribution in [3.8, 4) is 17.9 Å². The number of hydrogen-bond donors (Lipinski definition) is 0. The quantitative estimate of drug-likeness (QED) is 0.504. The van der Waals surface area contributed by atoms with E-state index in [2.05, 4.69) is 30.9 Å². The summed E-state index contributed by atoms with van der Waals surface area (Å²) in [5, 5.41) is 8.45. The van der Waals surface area contributed by atoms with Gasteiger partial charge in [-0.15, -0.1) is 0 Å². The summed E-state index contributed by atoms with van der Waals surface area (Å²) in [6.07, 6.45) is 9.71. The van der Waals surface area contributed by atoms with Gasteiger partial charge in [-0.2, -0.15) is 5.26 Å². The Kier molecular flexibility index (Phi) is 7.10. The van der Waals surface area contributed by atoms with Crippen molar-refractivity contribution >= 4 is 0 Å². The number of halogens is 2. The molecule has 0 radical (unpaired) electrons. The van der Waals surface area contributed by atoms with Crippen LogP contribution in [0.4, 0.5) is 8.78 Å². The van der Waals surface area contributed by atoms with Crippen LogP contribution in [-0.2, 0) is 0 Å². The Morgan fingerprint density at radius 1 is 1.04 bits per heavy atom. The molecular formula is C20H27F2N. The van der Waals surface area contributed by atoms with Crippen LogP contribution in [0, 0.1) is 46.8 Å². The number of nitriles is 1. The molecule has 2 fully saturated rings. The van der Waals surface area contributed by atoms with Crippen molar-refractivity contribution < 1.29 is 8.78 Å². The molecule has 3 heteroatoms. The van der Waals surface area contributed by atoms with E-state index in [1.54, 1.807) is 6.07 Å². The number of alkyl halides is 2. The molecule has 0 aromatic carbocycles. The molecule has 1 nitrogen and oxygen atoms in total. The van der Waals surface area contributed by atoms with Crippen LogP contribution in [-0.4, -0.2) is 12.3 Å². The summed E-state index contributed by atoms with van der Waals surface area (Å²) in [7, 11) is 0. The molecule has 0 aromatic rings. The molecule has 2 atom stereocenters. The van der Waals surface area contributed by atoms with Gasteiger partial charge < -0.3 is 0 Å². The lowest BCUT2D eigenvalue weighted by Crippen LogP contribution is -2.38. The predicted molar refractivity (Wildman–Crippen MR) is 88.9 cm³/mol. The van der Waals surface area contributed by atoms with Crippen LogP contribution in [0.3, 0.4) is 0 Å². The highest BCUT2D eigenvalue weighted by Gasteiger charge is 2.41. The lowest BCUT2D eigenvalue weighted by molar-refractivity contribution is 0.0384. The summed E-state index contributed by atoms with van der Waals surface area (Å²) >= 11 is 0. The van der Waals surface area contributed by atoms with E-state index < -0.39 is 18.3 Å². The van der Waals surface area contributed by atoms with Gasteiger partial charge in [-0.3, -0.25) is 0 Å². The van der Waals surface area contributed by atoms with Crippen molar-refractivity contribution in [2.75, 3.05) is 0 Å². The Morgan fingerprint density at radius 2 is 1.70 bits per heavy atom. The number of rotatable bonds is 4. The molecule has 2 aliphatic carbocycles. The molecule has 0 aromatic heterocycles. The molecule has 2 unspecified atom stereocenters. The van der Waals surface area contributed by atoms with E-state index in [1.165, 1.54) is 19.3 Å². The van der Waals surface area contributed by atoms with E-state index in [9.17, 15) is 8.78 Å². The molecule has 0 N–H and O–H groups in total. The summed E-state index contributed by atoms with van der Waals surface area (Å²) in [5.74, 6) is 5.13. The normalized spacial score (nSPS) is 37.8. The molecule has 0 bridgehead atoms. The highest BCUT2D eigenvalue weighted by molar-refractivity contribution is 5.21. The van der Waals surface area contributed by atoms with Crippen molar-refractivity contribution in [3.05, 3.63) is 12.2 Å². The maximum absolute atomic E-state index is 14.2. The molecule has 2 aliphatic rings. The zero-order chi connectivity index (χ0) is 16.7. The fourth-order valence-electron chi connectivity index (χ4n) is 4.32. The summed E-state index contributed by atoms with van der Waals surface area (Å²) in [4.78, 5) is 0. The highest BCUT2D eigenvalue weighted by Crippen LogP contribution is 2.43. The fraction of sp³-hybridized carbons (Fsp3) is 0.750. The van der Waals surface area contributed by atoms with E-state index in [1.807, 2.05) is 0 Å². The monoisotopic (exact) mass is 319 g/mol. The summed E-state index contributed by atoms with van der Waals surface area (Å²) < 4.78 is 28.5. The summed E-state index contributed by atoms with van der Waals surface area (Å²) in [6, 6.07) is 1.66. The van der Waals surface area contributed by atoms with Crippen LogP contribution in [0.1, 0.15) is 58.3 Å². The Morgan fingerprint density at radius 3 is 2.26 bits per heavy atom. The minimum absolute atomic E-state index is 0.150. The molecule has 0 aliphatic heterocycles. The zero-order valence-electron chi connectivity index (χ0n) is 14.0. The topological polar surface area (TPSA) is 23.8 Å². The smallest absolute Gasteiger partial charge is 0.152 e. The van der Waals surface area contributed by atoms with Gasteiger partial charge in [0.05, 0.1) is 5.92 Å². The molecule has 2 rings (SSSR count). The van der Waals surface area contributed by atoms with Crippen molar-refractivity contribution in [2.45, 2.75) is 70.6 Å². The summed E-state index contributed by atoms with van der Waals surface area (Å²) in [5.41, 5.74) is 0. The number of allylic oxidation sites excluding steroid dienone is 2. The lowest BCUT2D eigenvalue weighted by Gasteiger charge is -2.39. The van der Waals surface area contributed by atoms with Gasteiger partial charge in [-0.25, -0.2) is 8.78 Å². The third-order valence-electron chi connectivity index (χ3n) is 5.67. The van der Waals surface area contributed by atoms with Crippen molar-refractivity contribution in [1.82, 2.24) is 0 Å².